The maximum Gasteiger partial charge on any atom is 0.435 e. The van der Waals surface area contributed by atoms with Crippen LogP contribution in [0.25, 0.3) is 0 Å². The summed E-state index contributed by atoms with van der Waals surface area (Å²) in [6.45, 7) is 16.2. The Labute approximate surface area is 170 Å². The van der Waals surface area contributed by atoms with Crippen molar-refractivity contribution in [1.82, 2.24) is 5.01 Å². The molecule has 0 saturated heterocycles. The van der Waals surface area contributed by atoms with Crippen molar-refractivity contribution >= 4 is 18.1 Å². The van der Waals surface area contributed by atoms with Crippen molar-refractivity contribution in [2.45, 2.75) is 79.2 Å². The SMILES string of the molecule is Cc1cc(C)c2c(c1C)OC(=O)C21OC(OC(C)(C)C)=NN1C(=O)OC(C)(C)C. The van der Waals surface area contributed by atoms with Crippen LogP contribution in [0, 0.1) is 20.8 Å². The van der Waals surface area contributed by atoms with Crippen LogP contribution in [-0.2, 0) is 24.7 Å². The average molecular weight is 404 g/mol. The highest BCUT2D eigenvalue weighted by atomic mass is 16.7. The molecule has 2 heterocycles. The summed E-state index contributed by atoms with van der Waals surface area (Å²) in [5.41, 5.74) is -0.490. The largest absolute Gasteiger partial charge is 0.444 e. The zero-order valence-corrected chi connectivity index (χ0v) is 18.4. The summed E-state index contributed by atoms with van der Waals surface area (Å²) in [4.78, 5) is 26.1. The number of fused-ring (bicyclic) bond motifs is 2. The number of hydrogen-bond donors (Lipinski definition) is 0. The Morgan fingerprint density at radius 2 is 1.69 bits per heavy atom. The van der Waals surface area contributed by atoms with Crippen LogP contribution >= 0.6 is 0 Å². The number of benzene rings is 1. The summed E-state index contributed by atoms with van der Waals surface area (Å²) in [7, 11) is 0. The molecule has 0 aliphatic carbocycles. The van der Waals surface area contributed by atoms with E-state index in [1.54, 1.807) is 41.5 Å². The molecule has 29 heavy (non-hydrogen) atoms. The van der Waals surface area contributed by atoms with Gasteiger partial charge in [0.1, 0.15) is 17.0 Å². The smallest absolute Gasteiger partial charge is 0.435 e. The van der Waals surface area contributed by atoms with Gasteiger partial charge in [-0.15, -0.1) is 5.01 Å². The van der Waals surface area contributed by atoms with Gasteiger partial charge >= 0.3 is 23.9 Å². The second kappa shape index (κ2) is 6.37. The van der Waals surface area contributed by atoms with Gasteiger partial charge in [0.2, 0.25) is 0 Å². The molecule has 1 aromatic rings. The van der Waals surface area contributed by atoms with Crippen molar-refractivity contribution in [1.29, 1.82) is 0 Å². The second-order valence-corrected chi connectivity index (χ2v) is 9.35. The molecule has 2 aliphatic heterocycles. The molecular formula is C21H28N2O6. The molecule has 1 unspecified atom stereocenters. The molecule has 3 rings (SSSR count). The third kappa shape index (κ3) is 3.52. The summed E-state index contributed by atoms with van der Waals surface area (Å²) >= 11 is 0. The van der Waals surface area contributed by atoms with E-state index >= 15 is 0 Å². The number of hydrogen-bond acceptors (Lipinski definition) is 7. The van der Waals surface area contributed by atoms with Crippen molar-refractivity contribution in [3.05, 3.63) is 28.3 Å². The van der Waals surface area contributed by atoms with Crippen molar-refractivity contribution in [3.8, 4) is 5.75 Å². The lowest BCUT2D eigenvalue weighted by Crippen LogP contribution is -2.51. The van der Waals surface area contributed by atoms with Crippen LogP contribution in [0.2, 0.25) is 0 Å². The molecule has 1 atom stereocenters. The van der Waals surface area contributed by atoms with Crippen LogP contribution in [-0.4, -0.2) is 34.4 Å². The molecule has 0 saturated carbocycles. The maximum absolute atomic E-state index is 13.1. The summed E-state index contributed by atoms with van der Waals surface area (Å²) in [6, 6.07) is 1.91. The fourth-order valence-electron chi connectivity index (χ4n) is 3.27. The third-order valence-electron chi connectivity index (χ3n) is 4.47. The van der Waals surface area contributed by atoms with Crippen LogP contribution < -0.4 is 4.74 Å². The van der Waals surface area contributed by atoms with Crippen LogP contribution in [0.3, 0.4) is 0 Å². The number of aryl methyl sites for hydroxylation is 2. The van der Waals surface area contributed by atoms with Gasteiger partial charge in [-0.1, -0.05) is 11.2 Å². The predicted molar refractivity (Wildman–Crippen MR) is 105 cm³/mol. The van der Waals surface area contributed by atoms with Crippen molar-refractivity contribution in [2.24, 2.45) is 5.10 Å². The number of ether oxygens (including phenoxy) is 4. The van der Waals surface area contributed by atoms with E-state index in [0.717, 1.165) is 21.7 Å². The minimum atomic E-state index is -1.93. The molecule has 2 aliphatic rings. The Morgan fingerprint density at radius 3 is 2.24 bits per heavy atom. The Hall–Kier alpha value is -2.77. The van der Waals surface area contributed by atoms with Crippen LogP contribution in [0.4, 0.5) is 4.79 Å². The Morgan fingerprint density at radius 1 is 1.07 bits per heavy atom. The number of hydrazone groups is 1. The van der Waals surface area contributed by atoms with E-state index in [-0.39, 0.29) is 6.08 Å². The first-order valence-electron chi connectivity index (χ1n) is 9.49. The van der Waals surface area contributed by atoms with Gasteiger partial charge in [-0.25, -0.2) is 9.59 Å². The van der Waals surface area contributed by atoms with Gasteiger partial charge in [0, 0.05) is 0 Å². The molecular weight excluding hydrogens is 376 g/mol. The van der Waals surface area contributed by atoms with Crippen LogP contribution in [0.1, 0.15) is 63.8 Å². The topological polar surface area (TPSA) is 86.7 Å². The summed E-state index contributed by atoms with van der Waals surface area (Å²) < 4.78 is 22.7. The highest BCUT2D eigenvalue weighted by Crippen LogP contribution is 2.50. The van der Waals surface area contributed by atoms with Crippen molar-refractivity contribution in [2.75, 3.05) is 0 Å². The number of carbonyl (C=O) groups is 2. The van der Waals surface area contributed by atoms with Gasteiger partial charge in [0.05, 0.1) is 5.56 Å². The number of nitrogens with zero attached hydrogens (tertiary/aromatic N) is 2. The minimum Gasteiger partial charge on any atom is -0.444 e. The highest BCUT2D eigenvalue weighted by molar-refractivity contribution is 5.96. The lowest BCUT2D eigenvalue weighted by molar-refractivity contribution is -0.166. The number of carbonyl (C=O) groups excluding carboxylic acids is 2. The first kappa shape index (κ1) is 21.0. The molecule has 0 bridgehead atoms. The van der Waals surface area contributed by atoms with Gasteiger partial charge in [-0.05, 0) is 79.0 Å². The first-order valence-corrected chi connectivity index (χ1v) is 9.49. The molecule has 0 aromatic heterocycles. The maximum atomic E-state index is 13.1. The van der Waals surface area contributed by atoms with E-state index in [1.165, 1.54) is 0 Å². The predicted octanol–water partition coefficient (Wildman–Crippen LogP) is 4.04. The molecule has 1 aromatic carbocycles. The van der Waals surface area contributed by atoms with E-state index in [4.69, 9.17) is 18.9 Å². The van der Waals surface area contributed by atoms with E-state index in [1.807, 2.05) is 26.8 Å². The standard InChI is InChI=1S/C21H28N2O6/c1-11-10-12(2)14-15(13(11)3)26-16(24)21(14)23(18(25)29-20(7,8)9)22-17(28-21)27-19(4,5)6/h10H,1-9H3. The minimum absolute atomic E-state index is 0.203. The first-order chi connectivity index (χ1) is 13.2. The summed E-state index contributed by atoms with van der Waals surface area (Å²) in [5.74, 6) is -0.403. The number of esters is 1. The molecule has 0 N–H and O–H groups in total. The fourth-order valence-corrected chi connectivity index (χ4v) is 3.27. The van der Waals surface area contributed by atoms with E-state index in [0.29, 0.717) is 11.3 Å². The molecule has 1 amide bonds. The van der Waals surface area contributed by atoms with Gasteiger partial charge in [-0.3, -0.25) is 0 Å². The van der Waals surface area contributed by atoms with Gasteiger partial charge < -0.3 is 18.9 Å². The Balaban J connectivity index is 2.18. The molecule has 1 spiro atoms. The van der Waals surface area contributed by atoms with Crippen molar-refractivity contribution < 1.29 is 28.5 Å². The monoisotopic (exact) mass is 404 g/mol. The quantitative estimate of drug-likeness (QED) is 0.479. The highest BCUT2D eigenvalue weighted by Gasteiger charge is 2.65. The lowest BCUT2D eigenvalue weighted by atomic mass is 9.93. The fraction of sp³-hybridized carbons (Fsp3) is 0.571. The van der Waals surface area contributed by atoms with Crippen molar-refractivity contribution in [3.63, 3.8) is 0 Å². The zero-order valence-electron chi connectivity index (χ0n) is 18.4. The average Bonchev–Trinajstić information content (AvgIpc) is 3.02. The van der Waals surface area contributed by atoms with Gasteiger partial charge in [-0.2, -0.15) is 0 Å². The molecule has 0 radical (unpaired) electrons. The summed E-state index contributed by atoms with van der Waals surface area (Å²) in [5, 5.41) is 5.05. The Kier molecular flexibility index (Phi) is 4.60. The number of rotatable bonds is 0. The Bertz CT molecular complexity index is 923. The lowest BCUT2D eigenvalue weighted by Gasteiger charge is -2.30. The van der Waals surface area contributed by atoms with Crippen LogP contribution in [0.5, 0.6) is 5.75 Å². The van der Waals surface area contributed by atoms with E-state index in [9.17, 15) is 9.59 Å². The van der Waals surface area contributed by atoms with E-state index in [2.05, 4.69) is 5.10 Å². The second-order valence-electron chi connectivity index (χ2n) is 9.35. The zero-order chi connectivity index (χ0) is 21.9. The summed E-state index contributed by atoms with van der Waals surface area (Å²) in [6.07, 6.45) is -1.04. The van der Waals surface area contributed by atoms with Gasteiger partial charge in [0.25, 0.3) is 0 Å². The molecule has 158 valence electrons. The van der Waals surface area contributed by atoms with E-state index < -0.39 is 29.0 Å². The van der Waals surface area contributed by atoms with Gasteiger partial charge in [0.15, 0.2) is 0 Å². The molecule has 8 nitrogen and oxygen atoms in total. The molecule has 8 heteroatoms. The number of amides is 1. The third-order valence-corrected chi connectivity index (χ3v) is 4.47. The normalized spacial score (nSPS) is 20.9. The van der Waals surface area contributed by atoms with Crippen LogP contribution in [0.15, 0.2) is 11.2 Å². The molecule has 0 fully saturated rings.